The van der Waals surface area contributed by atoms with E-state index in [0.29, 0.717) is 23.2 Å². The van der Waals surface area contributed by atoms with Crippen LogP contribution in [0.1, 0.15) is 29.5 Å². The molecular weight excluding hydrogens is 556 g/mol. The number of anilines is 1. The third kappa shape index (κ3) is 5.01. The molecule has 1 amide bonds. The maximum atomic E-state index is 14.0. The Morgan fingerprint density at radius 1 is 1.20 bits per heavy atom. The van der Waals surface area contributed by atoms with Gasteiger partial charge in [0.05, 0.1) is 17.9 Å². The second-order valence-corrected chi connectivity index (χ2v) is 13.5. The maximum Gasteiger partial charge on any atom is 0.230 e. The lowest BCUT2D eigenvalue weighted by molar-refractivity contribution is -0.184. The van der Waals surface area contributed by atoms with Crippen molar-refractivity contribution in [3.63, 3.8) is 0 Å². The fourth-order valence-electron chi connectivity index (χ4n) is 6.83. The first kappa shape index (κ1) is 30.9. The summed E-state index contributed by atoms with van der Waals surface area (Å²) in [5.74, 6) is -7.90. The van der Waals surface area contributed by atoms with Crippen LogP contribution in [0, 0.1) is 17.8 Å². The molecule has 0 aliphatic heterocycles. The number of aliphatic hydroxyl groups excluding tert-OH is 2. The van der Waals surface area contributed by atoms with Crippen molar-refractivity contribution in [3.8, 4) is 5.75 Å². The number of Topliss-reactive ketones (excluding diaryl/α,β-unsaturated/α-hetero) is 2. The quantitative estimate of drug-likeness (QED) is 0.153. The number of nitrogens with one attached hydrogen (secondary N) is 1. The maximum absolute atomic E-state index is 14.0. The summed E-state index contributed by atoms with van der Waals surface area (Å²) in [6.07, 6.45) is 0.292. The van der Waals surface area contributed by atoms with Gasteiger partial charge in [0.2, 0.25) is 21.7 Å². The molecule has 0 saturated heterocycles. The molecule has 0 heterocycles. The highest BCUT2D eigenvalue weighted by Gasteiger charge is 2.67. The van der Waals surface area contributed by atoms with Crippen LogP contribution in [-0.2, 0) is 37.2 Å². The molecular formula is C27H38N4O9S. The van der Waals surface area contributed by atoms with Gasteiger partial charge in [-0.05, 0) is 62.9 Å². The number of fused-ring (bicyclic) bond motifs is 3. The zero-order chi connectivity index (χ0) is 30.8. The van der Waals surface area contributed by atoms with Crippen LogP contribution < -0.4 is 15.4 Å². The lowest BCUT2D eigenvalue weighted by Gasteiger charge is -2.53. The van der Waals surface area contributed by atoms with Crippen molar-refractivity contribution < 1.29 is 43.2 Å². The molecule has 3 aliphatic carbocycles. The van der Waals surface area contributed by atoms with Gasteiger partial charge in [0, 0.05) is 43.9 Å². The summed E-state index contributed by atoms with van der Waals surface area (Å²) in [5, 5.41) is 45.5. The number of rotatable bonds is 8. The number of sulfonamides is 1. The Morgan fingerprint density at radius 2 is 1.83 bits per heavy atom. The fourth-order valence-corrected chi connectivity index (χ4v) is 7.35. The first-order valence-corrected chi connectivity index (χ1v) is 15.2. The number of phenols is 1. The highest BCUT2D eigenvalue weighted by atomic mass is 32.2. The van der Waals surface area contributed by atoms with Crippen LogP contribution >= 0.6 is 0 Å². The van der Waals surface area contributed by atoms with Gasteiger partial charge in [-0.2, -0.15) is 0 Å². The van der Waals surface area contributed by atoms with E-state index in [9.17, 15) is 43.2 Å². The zero-order valence-electron chi connectivity index (χ0n) is 23.7. The van der Waals surface area contributed by atoms with Gasteiger partial charge in [0.1, 0.15) is 17.4 Å². The Hall–Kier alpha value is -3.04. The third-order valence-corrected chi connectivity index (χ3v) is 9.34. The number of likely N-dealkylation sites (N-methyl/N-ethyl adjacent to an activating group) is 1. The van der Waals surface area contributed by atoms with Crippen molar-refractivity contribution in [2.24, 2.45) is 23.5 Å². The molecule has 41 heavy (non-hydrogen) atoms. The van der Waals surface area contributed by atoms with Crippen molar-refractivity contribution in [3.05, 3.63) is 28.3 Å². The normalized spacial score (nSPS) is 29.7. The second kappa shape index (κ2) is 10.7. The number of nitrogens with zero attached hydrogens (tertiary/aromatic N) is 2. The monoisotopic (exact) mass is 594 g/mol. The Morgan fingerprint density at radius 3 is 2.37 bits per heavy atom. The molecule has 3 aliphatic rings. The molecule has 7 N–H and O–H groups in total. The lowest BCUT2D eigenvalue weighted by atomic mass is 9.54. The highest BCUT2D eigenvalue weighted by molar-refractivity contribution is 7.88. The van der Waals surface area contributed by atoms with Crippen LogP contribution in [0.25, 0.3) is 5.76 Å². The van der Waals surface area contributed by atoms with E-state index >= 15 is 0 Å². The van der Waals surface area contributed by atoms with E-state index in [2.05, 4.69) is 4.72 Å². The van der Waals surface area contributed by atoms with E-state index in [0.717, 1.165) is 6.26 Å². The molecule has 226 valence electrons. The van der Waals surface area contributed by atoms with Crippen molar-refractivity contribution in [2.75, 3.05) is 45.9 Å². The van der Waals surface area contributed by atoms with Gasteiger partial charge in [-0.15, -0.1) is 0 Å². The standard InChI is InChI=1S/C27H38N4O9S/c1-30(2)16-11-12(7-6-8-29-41(5,39)40)21(32)18-14(16)9-13-10-15-20(31(3)4)23(34)19(26(28)37)25(36)27(15,38)24(35)17(13)22(18)33/h11,13,15,19-20,23,29,32-34,38H,6-10H2,1-5H3,(H2,28,37)/t13-,15-,19?,20-,23?,27-/m0/s1. The number of hydrogen-bond donors (Lipinski definition) is 6. The summed E-state index contributed by atoms with van der Waals surface area (Å²) < 4.78 is 25.2. The number of amides is 1. The molecule has 0 spiro atoms. The summed E-state index contributed by atoms with van der Waals surface area (Å²) in [6, 6.07) is 0.788. The Balaban J connectivity index is 1.84. The summed E-state index contributed by atoms with van der Waals surface area (Å²) >= 11 is 0. The van der Waals surface area contributed by atoms with Crippen molar-refractivity contribution in [1.29, 1.82) is 0 Å². The number of carbonyl (C=O) groups excluding carboxylic acids is 3. The number of aryl methyl sites for hydroxylation is 1. The van der Waals surface area contributed by atoms with Gasteiger partial charge in [-0.1, -0.05) is 0 Å². The molecule has 0 aromatic heterocycles. The van der Waals surface area contributed by atoms with E-state index in [-0.39, 0.29) is 42.7 Å². The second-order valence-electron chi connectivity index (χ2n) is 11.7. The number of aliphatic hydroxyl groups is 3. The van der Waals surface area contributed by atoms with Crippen LogP contribution in [0.5, 0.6) is 5.75 Å². The molecule has 4 rings (SSSR count). The van der Waals surface area contributed by atoms with E-state index in [4.69, 9.17) is 5.73 Å². The molecule has 1 aromatic carbocycles. The number of ketones is 2. The Bertz CT molecular complexity index is 1440. The van der Waals surface area contributed by atoms with Gasteiger partial charge in [0.25, 0.3) is 0 Å². The average molecular weight is 595 g/mol. The molecule has 2 unspecified atom stereocenters. The fraction of sp³-hybridized carbons (Fsp3) is 0.593. The minimum atomic E-state index is -3.40. The van der Waals surface area contributed by atoms with E-state index < -0.39 is 68.8 Å². The molecule has 0 radical (unpaired) electrons. The van der Waals surface area contributed by atoms with Gasteiger partial charge in [-0.3, -0.25) is 14.4 Å². The summed E-state index contributed by atoms with van der Waals surface area (Å²) in [4.78, 5) is 43.0. The molecule has 0 bridgehead atoms. The number of benzene rings is 1. The van der Waals surface area contributed by atoms with Gasteiger partial charge in [-0.25, -0.2) is 13.1 Å². The summed E-state index contributed by atoms with van der Waals surface area (Å²) in [7, 11) is 3.36. The number of primary amides is 1. The van der Waals surface area contributed by atoms with Crippen LogP contribution in [0.15, 0.2) is 11.6 Å². The van der Waals surface area contributed by atoms with Crippen molar-refractivity contribution in [1.82, 2.24) is 9.62 Å². The minimum absolute atomic E-state index is 0.00262. The smallest absolute Gasteiger partial charge is 0.230 e. The molecule has 1 aromatic rings. The SMILES string of the molecule is CN(C)c1cc(CCCNS(C)(=O)=O)c(O)c2c1C[C@H]1C[C@H]3[C@H](N(C)C)C(O)C(C(N)=O)C(=O)[C@@]3(O)C(=O)C1=C2O. The molecule has 13 nitrogen and oxygen atoms in total. The summed E-state index contributed by atoms with van der Waals surface area (Å²) in [5.41, 5.74) is 4.11. The van der Waals surface area contributed by atoms with E-state index in [1.165, 1.54) is 0 Å². The topological polar surface area (TPSA) is 211 Å². The van der Waals surface area contributed by atoms with Crippen LogP contribution in [0.3, 0.4) is 0 Å². The number of phenolic OH excluding ortho intramolecular Hbond substituents is 1. The number of hydrogen-bond acceptors (Lipinski definition) is 11. The predicted molar refractivity (Wildman–Crippen MR) is 150 cm³/mol. The van der Waals surface area contributed by atoms with Gasteiger partial charge in [0.15, 0.2) is 11.4 Å². The van der Waals surface area contributed by atoms with Crippen LogP contribution in [0.4, 0.5) is 5.69 Å². The Labute approximate surface area is 238 Å². The van der Waals surface area contributed by atoms with Gasteiger partial charge < -0.3 is 36.0 Å². The number of aromatic hydroxyl groups is 1. The highest BCUT2D eigenvalue weighted by Crippen LogP contribution is 2.53. The lowest BCUT2D eigenvalue weighted by Crippen LogP contribution is -2.73. The molecule has 2 saturated carbocycles. The summed E-state index contributed by atoms with van der Waals surface area (Å²) in [6.45, 7) is 0.122. The molecule has 2 fully saturated rings. The third-order valence-electron chi connectivity index (χ3n) is 8.61. The van der Waals surface area contributed by atoms with Crippen LogP contribution in [0.2, 0.25) is 0 Å². The first-order valence-electron chi connectivity index (χ1n) is 13.3. The minimum Gasteiger partial charge on any atom is -0.507 e. The number of nitrogens with two attached hydrogens (primary N) is 1. The van der Waals surface area contributed by atoms with Crippen LogP contribution in [-0.4, -0.2) is 110 Å². The average Bonchev–Trinajstić information content (AvgIpc) is 2.83. The number of carbonyl (C=O) groups is 3. The van der Waals surface area contributed by atoms with Crippen molar-refractivity contribution >= 4 is 38.9 Å². The van der Waals surface area contributed by atoms with Crippen molar-refractivity contribution in [2.45, 2.75) is 43.4 Å². The van der Waals surface area contributed by atoms with E-state index in [1.54, 1.807) is 44.1 Å². The molecule has 14 heteroatoms. The van der Waals surface area contributed by atoms with E-state index in [1.807, 2.05) is 0 Å². The largest absolute Gasteiger partial charge is 0.507 e. The van der Waals surface area contributed by atoms with Gasteiger partial charge >= 0.3 is 0 Å². The molecule has 6 atom stereocenters. The Kier molecular flexibility index (Phi) is 8.04. The predicted octanol–water partition coefficient (Wildman–Crippen LogP) is -1.32. The first-order chi connectivity index (χ1) is 18.9. The zero-order valence-corrected chi connectivity index (χ0v) is 24.5.